The number of carbonyl (C=O) groups is 8. The summed E-state index contributed by atoms with van der Waals surface area (Å²) in [6, 6.07) is 10.2. The lowest BCUT2D eigenvalue weighted by atomic mass is 9.94. The van der Waals surface area contributed by atoms with Crippen molar-refractivity contribution < 1.29 is 43.5 Å². The van der Waals surface area contributed by atoms with Gasteiger partial charge in [0, 0.05) is 19.5 Å². The molecule has 8 atom stereocenters. The summed E-state index contributed by atoms with van der Waals surface area (Å²) in [5.74, 6) is -5.18. The summed E-state index contributed by atoms with van der Waals surface area (Å²) >= 11 is 0. The molecule has 2 fully saturated rings. The smallest absolute Gasteiger partial charge is 0.245 e. The van der Waals surface area contributed by atoms with Crippen LogP contribution in [0.5, 0.6) is 0 Å². The van der Waals surface area contributed by atoms with Gasteiger partial charge in [0.1, 0.15) is 42.0 Å². The van der Waals surface area contributed by atoms with Crippen molar-refractivity contribution in [1.82, 2.24) is 42.5 Å². The van der Waals surface area contributed by atoms with Gasteiger partial charge in [-0.2, -0.15) is 0 Å². The fourth-order valence-corrected chi connectivity index (χ4v) is 7.93. The van der Waals surface area contributed by atoms with Crippen LogP contribution in [-0.2, 0) is 50.2 Å². The first kappa shape index (κ1) is 52.8. The molecule has 20 nitrogen and oxygen atoms in total. The minimum Gasteiger partial charge on any atom is -0.391 e. The first-order chi connectivity index (χ1) is 31.5. The third kappa shape index (κ3) is 14.9. The normalized spacial score (nSPS) is 26.6. The third-order valence-corrected chi connectivity index (χ3v) is 11.9. The van der Waals surface area contributed by atoms with Crippen LogP contribution in [0.2, 0.25) is 0 Å². The Morgan fingerprint density at radius 1 is 0.742 bits per heavy atom. The molecule has 1 aliphatic heterocycles. The minimum absolute atomic E-state index is 0.00991. The number of carbonyl (C=O) groups excluding carboxylic acids is 8. The van der Waals surface area contributed by atoms with Gasteiger partial charge in [0.15, 0.2) is 0 Å². The van der Waals surface area contributed by atoms with Crippen molar-refractivity contribution in [3.63, 3.8) is 0 Å². The Bertz CT molecular complexity index is 1970. The van der Waals surface area contributed by atoms with Crippen molar-refractivity contribution >= 4 is 47.6 Å². The Kier molecular flexibility index (Phi) is 20.2. The lowest BCUT2D eigenvalue weighted by Gasteiger charge is -2.34. The molecule has 0 bridgehead atoms. The summed E-state index contributed by atoms with van der Waals surface area (Å²) in [6.07, 6.45) is -0.116. The Labute approximate surface area is 385 Å². The summed E-state index contributed by atoms with van der Waals surface area (Å²) in [7, 11) is 0. The van der Waals surface area contributed by atoms with Gasteiger partial charge in [-0.15, -0.1) is 0 Å². The van der Waals surface area contributed by atoms with Crippen LogP contribution in [0, 0.1) is 5.92 Å². The SMILES string of the molecule is CC(C)C[C@@H]1NC(=O)[C@@H](Cc2ccccc2)NC(=O)[C@H](CCN)NC(=O)[C@@H](NC(=O)C2(c3ccccc3)CC2)CCNC(=O)[C@H]([C@@H](C)O)NC(=O)[C@H](CCN)NC[C@@](C=O)(CCN)NC1=O. The number of nitrogens with two attached hydrogens (primary N) is 3. The van der Waals surface area contributed by atoms with Gasteiger partial charge in [0.25, 0.3) is 0 Å². The van der Waals surface area contributed by atoms with Crippen LogP contribution >= 0.6 is 0 Å². The van der Waals surface area contributed by atoms with Crippen molar-refractivity contribution in [2.45, 2.75) is 125 Å². The molecule has 0 aromatic heterocycles. The van der Waals surface area contributed by atoms with E-state index in [4.69, 9.17) is 17.2 Å². The number of aliphatic hydroxyl groups is 1. The van der Waals surface area contributed by atoms with Crippen LogP contribution in [0.15, 0.2) is 60.7 Å². The highest BCUT2D eigenvalue weighted by Gasteiger charge is 2.52. The monoisotopic (exact) mass is 920 g/mol. The van der Waals surface area contributed by atoms with E-state index in [0.29, 0.717) is 24.7 Å². The van der Waals surface area contributed by atoms with Crippen LogP contribution in [0.3, 0.4) is 0 Å². The molecule has 20 heteroatoms. The van der Waals surface area contributed by atoms with E-state index < -0.39 is 94.7 Å². The zero-order chi connectivity index (χ0) is 48.4. The predicted octanol–water partition coefficient (Wildman–Crippen LogP) is -2.61. The maximum absolute atomic E-state index is 14.3. The predicted molar refractivity (Wildman–Crippen MR) is 246 cm³/mol. The second kappa shape index (κ2) is 25.2. The molecule has 15 N–H and O–H groups in total. The van der Waals surface area contributed by atoms with Gasteiger partial charge in [-0.1, -0.05) is 74.5 Å². The quantitative estimate of drug-likeness (QED) is 0.0817. The van der Waals surface area contributed by atoms with Gasteiger partial charge in [-0.3, -0.25) is 33.6 Å². The standard InChI is InChI=1S/C46H69N11O9/c1-28(2)24-35-42(64)57-45(27-58,19-22-49)26-51-32(14-20-47)38(60)56-37(29(3)59)43(65)50-23-16-34(55-44(66)46(17-18-46)31-12-8-5-9-13-31)40(62)52-33(15-21-48)39(61)54-36(41(63)53-35)25-30-10-6-4-7-11-30/h4-13,27-29,32-37,51,59H,14-26,47-49H2,1-3H3,(H,50,65)(H,52,62)(H,53,63)(H,54,61)(H,55,66)(H,56,60)(H,57,64)/t29-,32+,33+,34+,35+,36-,37+,45-/m1/s1. The number of aliphatic hydroxyl groups excluding tert-OH is 1. The fraction of sp³-hybridized carbons (Fsp3) is 0.565. The lowest BCUT2D eigenvalue weighted by molar-refractivity contribution is -0.135. The molecule has 1 saturated carbocycles. The molecule has 362 valence electrons. The molecule has 2 aromatic rings. The summed E-state index contributed by atoms with van der Waals surface area (Å²) in [5.41, 5.74) is 16.6. The molecule has 0 spiro atoms. The number of nitrogens with one attached hydrogen (secondary N) is 8. The van der Waals surface area contributed by atoms with Gasteiger partial charge in [-0.25, -0.2) is 0 Å². The van der Waals surface area contributed by atoms with Crippen molar-refractivity contribution in [3.05, 3.63) is 71.8 Å². The minimum atomic E-state index is -1.69. The highest BCUT2D eigenvalue weighted by atomic mass is 16.3. The summed E-state index contributed by atoms with van der Waals surface area (Å²) in [4.78, 5) is 111. The highest BCUT2D eigenvalue weighted by molar-refractivity contribution is 5.98. The summed E-state index contributed by atoms with van der Waals surface area (Å²) < 4.78 is 0. The number of rotatable bonds is 15. The van der Waals surface area contributed by atoms with E-state index in [2.05, 4.69) is 42.5 Å². The van der Waals surface area contributed by atoms with Gasteiger partial charge in [-0.05, 0) is 88.5 Å². The van der Waals surface area contributed by atoms with Crippen LogP contribution < -0.4 is 59.7 Å². The zero-order valence-electron chi connectivity index (χ0n) is 38.1. The third-order valence-electron chi connectivity index (χ3n) is 11.9. The maximum Gasteiger partial charge on any atom is 0.245 e. The molecule has 0 unspecified atom stereocenters. The van der Waals surface area contributed by atoms with E-state index in [1.807, 2.05) is 44.2 Å². The zero-order valence-corrected chi connectivity index (χ0v) is 38.1. The number of benzene rings is 2. The first-order valence-corrected chi connectivity index (χ1v) is 22.7. The number of aldehydes is 1. The van der Waals surface area contributed by atoms with E-state index in [1.54, 1.807) is 30.3 Å². The van der Waals surface area contributed by atoms with Crippen LogP contribution in [0.25, 0.3) is 0 Å². The molecular weight excluding hydrogens is 851 g/mol. The van der Waals surface area contributed by atoms with Gasteiger partial charge in [0.05, 0.1) is 17.6 Å². The lowest BCUT2D eigenvalue weighted by Crippen LogP contribution is -2.64. The van der Waals surface area contributed by atoms with E-state index in [1.165, 1.54) is 6.92 Å². The Morgan fingerprint density at radius 3 is 1.89 bits per heavy atom. The van der Waals surface area contributed by atoms with Gasteiger partial charge >= 0.3 is 0 Å². The molecule has 1 saturated heterocycles. The van der Waals surface area contributed by atoms with Crippen LogP contribution in [-0.4, -0.2) is 133 Å². The topological polar surface area (TPSA) is 331 Å². The summed E-state index contributed by atoms with van der Waals surface area (Å²) in [6.45, 7) is 4.27. The molecule has 0 radical (unpaired) electrons. The Morgan fingerprint density at radius 2 is 1.32 bits per heavy atom. The van der Waals surface area contributed by atoms with Crippen molar-refractivity contribution in [2.24, 2.45) is 23.1 Å². The van der Waals surface area contributed by atoms with Crippen molar-refractivity contribution in [2.75, 3.05) is 32.7 Å². The molecular formula is C46H69N11O9. The molecule has 2 aromatic carbocycles. The first-order valence-electron chi connectivity index (χ1n) is 22.7. The van der Waals surface area contributed by atoms with E-state index >= 15 is 0 Å². The molecule has 1 heterocycles. The number of hydrogen-bond acceptors (Lipinski definition) is 13. The van der Waals surface area contributed by atoms with E-state index in [0.717, 1.165) is 5.56 Å². The van der Waals surface area contributed by atoms with Crippen LogP contribution in [0.1, 0.15) is 76.8 Å². The highest BCUT2D eigenvalue weighted by Crippen LogP contribution is 2.48. The molecule has 2 aliphatic rings. The van der Waals surface area contributed by atoms with Gasteiger partial charge in [0.2, 0.25) is 41.4 Å². The number of hydrogen-bond donors (Lipinski definition) is 12. The van der Waals surface area contributed by atoms with E-state index in [9.17, 15) is 43.5 Å². The van der Waals surface area contributed by atoms with Gasteiger partial charge < -0.3 is 69.6 Å². The molecule has 4 rings (SSSR count). The summed E-state index contributed by atoms with van der Waals surface area (Å²) in [5, 5.41) is 32.6. The molecule has 7 amide bonds. The molecule has 66 heavy (non-hydrogen) atoms. The average molecular weight is 920 g/mol. The Balaban J connectivity index is 1.77. The fourth-order valence-electron chi connectivity index (χ4n) is 7.93. The second-order valence-electron chi connectivity index (χ2n) is 17.7. The van der Waals surface area contributed by atoms with Crippen LogP contribution in [0.4, 0.5) is 0 Å². The van der Waals surface area contributed by atoms with E-state index in [-0.39, 0.29) is 77.2 Å². The average Bonchev–Trinajstić information content (AvgIpc) is 4.11. The number of amides is 7. The van der Waals surface area contributed by atoms with Crippen molar-refractivity contribution in [3.8, 4) is 0 Å². The maximum atomic E-state index is 14.3. The largest absolute Gasteiger partial charge is 0.391 e. The molecule has 1 aliphatic carbocycles. The second-order valence-corrected chi connectivity index (χ2v) is 17.7. The Hall–Kier alpha value is -5.80. The van der Waals surface area contributed by atoms with Crippen molar-refractivity contribution in [1.29, 1.82) is 0 Å².